The highest BCUT2D eigenvalue weighted by molar-refractivity contribution is 5.77. The summed E-state index contributed by atoms with van der Waals surface area (Å²) in [6.07, 6.45) is 0.481. The summed E-state index contributed by atoms with van der Waals surface area (Å²) in [5.41, 5.74) is 8.15. The van der Waals surface area contributed by atoms with Gasteiger partial charge < -0.3 is 15.5 Å². The summed E-state index contributed by atoms with van der Waals surface area (Å²) < 4.78 is 0. The van der Waals surface area contributed by atoms with Crippen molar-refractivity contribution < 1.29 is 4.79 Å². The van der Waals surface area contributed by atoms with Crippen LogP contribution in [0, 0.1) is 0 Å². The molecule has 0 radical (unpaired) electrons. The largest absolute Gasteiger partial charge is 0.378 e. The van der Waals surface area contributed by atoms with Crippen LogP contribution in [0.5, 0.6) is 0 Å². The molecule has 1 rings (SSSR count). The van der Waals surface area contributed by atoms with E-state index in [1.165, 1.54) is 0 Å². The number of carbonyl (C=O) groups excluding carboxylic acids is 1. The number of hydrogen-bond donors (Lipinski definition) is 1. The number of rotatable bonds is 7. The zero-order valence-electron chi connectivity index (χ0n) is 13.1. The number of nitrogens with zero attached hydrogens (tertiary/aromatic N) is 2. The van der Waals surface area contributed by atoms with Crippen molar-refractivity contribution in [3.63, 3.8) is 0 Å². The van der Waals surface area contributed by atoms with Crippen molar-refractivity contribution >= 4 is 11.6 Å². The third-order valence-corrected chi connectivity index (χ3v) is 3.68. The van der Waals surface area contributed by atoms with Crippen LogP contribution in [-0.4, -0.2) is 44.5 Å². The molecule has 0 spiro atoms. The molecule has 0 fully saturated rings. The molecule has 0 heterocycles. The Bertz CT molecular complexity index is 427. The number of carbonyl (C=O) groups is 1. The average Bonchev–Trinajstić information content (AvgIpc) is 2.46. The highest BCUT2D eigenvalue weighted by Crippen LogP contribution is 2.23. The molecule has 1 aromatic carbocycles. The second-order valence-electron chi connectivity index (χ2n) is 5.19. The van der Waals surface area contributed by atoms with Crippen molar-refractivity contribution in [1.82, 2.24) is 4.90 Å². The van der Waals surface area contributed by atoms with E-state index in [-0.39, 0.29) is 11.8 Å². The maximum atomic E-state index is 12.2. The molecule has 1 atom stereocenters. The summed E-state index contributed by atoms with van der Waals surface area (Å²) in [5.74, 6) is 0.267. The summed E-state index contributed by atoms with van der Waals surface area (Å²) in [6, 6.07) is 8.26. The first kappa shape index (κ1) is 16.5. The van der Waals surface area contributed by atoms with Gasteiger partial charge in [0.05, 0.1) is 0 Å². The standard InChI is InChI=1S/C16H27N3O/c1-5-19(6-2)16(20)11-14(12-17)13-8-7-9-15(10-13)18(3)4/h7-10,14H,5-6,11-12,17H2,1-4H3. The molecule has 0 saturated heterocycles. The molecule has 2 N–H and O–H groups in total. The van der Waals surface area contributed by atoms with Gasteiger partial charge in [-0.15, -0.1) is 0 Å². The van der Waals surface area contributed by atoms with E-state index in [1.807, 2.05) is 38.9 Å². The summed E-state index contributed by atoms with van der Waals surface area (Å²) in [4.78, 5) is 16.1. The maximum absolute atomic E-state index is 12.2. The van der Waals surface area contributed by atoms with Crippen LogP contribution in [-0.2, 0) is 4.79 Å². The summed E-state index contributed by atoms with van der Waals surface area (Å²) in [6.45, 7) is 6.01. The average molecular weight is 277 g/mol. The SMILES string of the molecule is CCN(CC)C(=O)CC(CN)c1cccc(N(C)C)c1. The topological polar surface area (TPSA) is 49.6 Å². The Morgan fingerprint density at radius 2 is 1.90 bits per heavy atom. The van der Waals surface area contributed by atoms with E-state index in [9.17, 15) is 4.79 Å². The normalized spacial score (nSPS) is 12.1. The van der Waals surface area contributed by atoms with Crippen LogP contribution in [0.4, 0.5) is 5.69 Å². The van der Waals surface area contributed by atoms with E-state index >= 15 is 0 Å². The molecule has 1 amide bonds. The minimum Gasteiger partial charge on any atom is -0.378 e. The number of amides is 1. The Balaban J connectivity index is 2.85. The van der Waals surface area contributed by atoms with E-state index in [0.29, 0.717) is 13.0 Å². The molecule has 0 saturated carbocycles. The second-order valence-corrected chi connectivity index (χ2v) is 5.19. The number of hydrogen-bond acceptors (Lipinski definition) is 3. The monoisotopic (exact) mass is 277 g/mol. The highest BCUT2D eigenvalue weighted by Gasteiger charge is 2.18. The third kappa shape index (κ3) is 4.23. The van der Waals surface area contributed by atoms with Crippen LogP contribution in [0.15, 0.2) is 24.3 Å². The van der Waals surface area contributed by atoms with Gasteiger partial charge in [-0.25, -0.2) is 0 Å². The van der Waals surface area contributed by atoms with Gasteiger partial charge in [0.25, 0.3) is 0 Å². The fraction of sp³-hybridized carbons (Fsp3) is 0.562. The molecule has 112 valence electrons. The zero-order valence-corrected chi connectivity index (χ0v) is 13.1. The van der Waals surface area contributed by atoms with Gasteiger partial charge in [0.1, 0.15) is 0 Å². The third-order valence-electron chi connectivity index (χ3n) is 3.68. The fourth-order valence-corrected chi connectivity index (χ4v) is 2.31. The van der Waals surface area contributed by atoms with Crippen LogP contribution in [0.25, 0.3) is 0 Å². The van der Waals surface area contributed by atoms with Crippen molar-refractivity contribution in [3.05, 3.63) is 29.8 Å². The predicted octanol–water partition coefficient (Wildman–Crippen LogP) is 2.05. The van der Waals surface area contributed by atoms with Crippen molar-refractivity contribution in [2.24, 2.45) is 5.73 Å². The van der Waals surface area contributed by atoms with E-state index in [0.717, 1.165) is 24.3 Å². The first-order valence-electron chi connectivity index (χ1n) is 7.28. The first-order valence-corrected chi connectivity index (χ1v) is 7.28. The van der Waals surface area contributed by atoms with Crippen molar-refractivity contribution in [2.75, 3.05) is 38.6 Å². The van der Waals surface area contributed by atoms with Crippen molar-refractivity contribution in [2.45, 2.75) is 26.2 Å². The zero-order chi connectivity index (χ0) is 15.1. The van der Waals surface area contributed by atoms with Gasteiger partial charge in [-0.3, -0.25) is 4.79 Å². The summed E-state index contributed by atoms with van der Waals surface area (Å²) in [5, 5.41) is 0. The lowest BCUT2D eigenvalue weighted by molar-refractivity contribution is -0.131. The molecule has 0 aliphatic heterocycles. The lowest BCUT2D eigenvalue weighted by Gasteiger charge is -2.23. The maximum Gasteiger partial charge on any atom is 0.223 e. The summed E-state index contributed by atoms with van der Waals surface area (Å²) >= 11 is 0. The van der Waals surface area contributed by atoms with Crippen LogP contribution >= 0.6 is 0 Å². The highest BCUT2D eigenvalue weighted by atomic mass is 16.2. The Kier molecular flexibility index (Phi) is 6.52. The molecule has 4 heteroatoms. The molecular weight excluding hydrogens is 250 g/mol. The number of benzene rings is 1. The Hall–Kier alpha value is -1.55. The Morgan fingerprint density at radius 3 is 2.40 bits per heavy atom. The van der Waals surface area contributed by atoms with Gasteiger partial charge in [-0.1, -0.05) is 12.1 Å². The lowest BCUT2D eigenvalue weighted by Crippen LogP contribution is -2.32. The van der Waals surface area contributed by atoms with Gasteiger partial charge in [0.2, 0.25) is 5.91 Å². The van der Waals surface area contributed by atoms with Crippen molar-refractivity contribution in [1.29, 1.82) is 0 Å². The van der Waals surface area contributed by atoms with E-state index in [1.54, 1.807) is 0 Å². The van der Waals surface area contributed by atoms with Crippen LogP contribution in [0.1, 0.15) is 31.7 Å². The van der Waals surface area contributed by atoms with Gasteiger partial charge in [-0.2, -0.15) is 0 Å². The van der Waals surface area contributed by atoms with Gasteiger partial charge in [0.15, 0.2) is 0 Å². The molecule has 1 unspecified atom stereocenters. The van der Waals surface area contributed by atoms with Crippen LogP contribution < -0.4 is 10.6 Å². The Morgan fingerprint density at radius 1 is 1.25 bits per heavy atom. The fourth-order valence-electron chi connectivity index (χ4n) is 2.31. The van der Waals surface area contributed by atoms with Crippen LogP contribution in [0.3, 0.4) is 0 Å². The van der Waals surface area contributed by atoms with Crippen LogP contribution in [0.2, 0.25) is 0 Å². The number of nitrogens with two attached hydrogens (primary N) is 1. The van der Waals surface area contributed by atoms with Crippen molar-refractivity contribution in [3.8, 4) is 0 Å². The first-order chi connectivity index (χ1) is 9.53. The van der Waals surface area contributed by atoms with E-state index in [4.69, 9.17) is 5.73 Å². The smallest absolute Gasteiger partial charge is 0.223 e. The molecule has 0 aromatic heterocycles. The van der Waals surface area contributed by atoms with Gasteiger partial charge in [0, 0.05) is 45.2 Å². The van der Waals surface area contributed by atoms with E-state index in [2.05, 4.69) is 23.1 Å². The van der Waals surface area contributed by atoms with Gasteiger partial charge in [-0.05, 0) is 38.1 Å². The minimum absolute atomic E-state index is 0.0861. The lowest BCUT2D eigenvalue weighted by atomic mass is 9.94. The number of anilines is 1. The molecule has 0 bridgehead atoms. The molecular formula is C16H27N3O. The molecule has 0 aliphatic carbocycles. The predicted molar refractivity (Wildman–Crippen MR) is 85.1 cm³/mol. The Labute approximate surface area is 122 Å². The molecule has 4 nitrogen and oxygen atoms in total. The molecule has 20 heavy (non-hydrogen) atoms. The summed E-state index contributed by atoms with van der Waals surface area (Å²) in [7, 11) is 4.02. The quantitative estimate of drug-likeness (QED) is 0.830. The van der Waals surface area contributed by atoms with Gasteiger partial charge >= 0.3 is 0 Å². The molecule has 1 aromatic rings. The van der Waals surface area contributed by atoms with E-state index < -0.39 is 0 Å². The minimum atomic E-state index is 0.0861. The second kappa shape index (κ2) is 7.90. The molecule has 0 aliphatic rings.